The van der Waals surface area contributed by atoms with E-state index in [0.29, 0.717) is 26.3 Å². The van der Waals surface area contributed by atoms with Gasteiger partial charge in [0.05, 0.1) is 31.2 Å². The third-order valence-corrected chi connectivity index (χ3v) is 5.18. The standard InChI is InChI=1S/C13H17NO5/c15-10-6-5-7-9(13(17)19-11(7)10)8(6)12(16)14-1-3-18-4-2-14/h6-11,15H,1-5H2/t6-,7-,8-,9-,10+,11-/m0/s1. The van der Waals surface area contributed by atoms with Crippen LogP contribution in [0.3, 0.4) is 0 Å². The first-order valence-electron chi connectivity index (χ1n) is 6.93. The van der Waals surface area contributed by atoms with Gasteiger partial charge in [-0.3, -0.25) is 9.59 Å². The van der Waals surface area contributed by atoms with Crippen molar-refractivity contribution in [2.24, 2.45) is 23.7 Å². The number of fused-ring (bicyclic) bond motifs is 1. The van der Waals surface area contributed by atoms with Crippen LogP contribution in [0.5, 0.6) is 0 Å². The molecule has 1 N–H and O–H groups in total. The quantitative estimate of drug-likeness (QED) is 0.618. The lowest BCUT2D eigenvalue weighted by Crippen LogP contribution is -2.49. The van der Waals surface area contributed by atoms with E-state index in [1.165, 1.54) is 0 Å². The van der Waals surface area contributed by atoms with Crippen LogP contribution in [0.15, 0.2) is 0 Å². The Balaban J connectivity index is 1.61. The van der Waals surface area contributed by atoms with E-state index >= 15 is 0 Å². The third kappa shape index (κ3) is 1.44. The average molecular weight is 267 g/mol. The van der Waals surface area contributed by atoms with Gasteiger partial charge in [0.2, 0.25) is 5.91 Å². The number of carbonyl (C=O) groups excluding carboxylic acids is 2. The highest BCUT2D eigenvalue weighted by atomic mass is 16.6. The zero-order chi connectivity index (χ0) is 13.1. The molecule has 6 nitrogen and oxygen atoms in total. The number of morpholine rings is 1. The van der Waals surface area contributed by atoms with Gasteiger partial charge in [-0.05, 0) is 6.42 Å². The number of nitrogens with zero attached hydrogens (tertiary/aromatic N) is 1. The lowest BCUT2D eigenvalue weighted by atomic mass is 9.77. The minimum absolute atomic E-state index is 0.00264. The molecular weight excluding hydrogens is 250 g/mol. The Hall–Kier alpha value is -1.14. The van der Waals surface area contributed by atoms with E-state index in [4.69, 9.17) is 9.47 Å². The normalized spacial score (nSPS) is 47.6. The number of ether oxygens (including phenoxy) is 2. The Morgan fingerprint density at radius 1 is 1.26 bits per heavy atom. The van der Waals surface area contributed by atoms with Crippen LogP contribution in [0.1, 0.15) is 6.42 Å². The summed E-state index contributed by atoms with van der Waals surface area (Å²) in [5, 5.41) is 10.2. The van der Waals surface area contributed by atoms with Crippen molar-refractivity contribution in [2.45, 2.75) is 18.6 Å². The summed E-state index contributed by atoms with van der Waals surface area (Å²) in [4.78, 5) is 26.3. The van der Waals surface area contributed by atoms with Gasteiger partial charge in [0.15, 0.2) is 0 Å². The van der Waals surface area contributed by atoms with Crippen molar-refractivity contribution in [1.82, 2.24) is 4.90 Å². The minimum atomic E-state index is -0.664. The van der Waals surface area contributed by atoms with Crippen LogP contribution in [-0.2, 0) is 19.1 Å². The van der Waals surface area contributed by atoms with E-state index < -0.39 is 6.10 Å². The first kappa shape index (κ1) is 11.7. The van der Waals surface area contributed by atoms with Crippen molar-refractivity contribution < 1.29 is 24.2 Å². The fourth-order valence-corrected chi connectivity index (χ4v) is 4.35. The number of rotatable bonds is 1. The van der Waals surface area contributed by atoms with E-state index in [9.17, 15) is 14.7 Å². The van der Waals surface area contributed by atoms with Crippen LogP contribution >= 0.6 is 0 Å². The summed E-state index contributed by atoms with van der Waals surface area (Å²) in [5.74, 6) is -1.07. The number of carbonyl (C=O) groups is 2. The molecule has 4 fully saturated rings. The molecule has 0 aromatic carbocycles. The van der Waals surface area contributed by atoms with E-state index in [1.807, 2.05) is 0 Å². The van der Waals surface area contributed by atoms with Crippen LogP contribution in [-0.4, -0.2) is 60.4 Å². The molecule has 2 saturated heterocycles. The summed E-state index contributed by atoms with van der Waals surface area (Å²) in [6, 6.07) is 0. The van der Waals surface area contributed by atoms with Crippen molar-refractivity contribution in [3.63, 3.8) is 0 Å². The second-order valence-electron chi connectivity index (χ2n) is 5.94. The van der Waals surface area contributed by atoms with Gasteiger partial charge >= 0.3 is 5.97 Å². The van der Waals surface area contributed by atoms with Gasteiger partial charge in [-0.2, -0.15) is 0 Å². The molecule has 0 aromatic heterocycles. The van der Waals surface area contributed by atoms with Crippen LogP contribution in [0, 0.1) is 23.7 Å². The molecule has 19 heavy (non-hydrogen) atoms. The first-order chi connectivity index (χ1) is 9.18. The number of aliphatic hydroxyl groups is 1. The summed E-state index contributed by atoms with van der Waals surface area (Å²) in [6.07, 6.45) is -0.290. The fourth-order valence-electron chi connectivity index (χ4n) is 4.35. The Labute approximate surface area is 110 Å². The fraction of sp³-hybridized carbons (Fsp3) is 0.846. The summed E-state index contributed by atoms with van der Waals surface area (Å²) >= 11 is 0. The van der Waals surface area contributed by atoms with E-state index in [0.717, 1.165) is 6.42 Å². The molecule has 4 rings (SSSR count). The van der Waals surface area contributed by atoms with Gasteiger partial charge in [0.1, 0.15) is 6.10 Å². The average Bonchev–Trinajstić information content (AvgIpc) is 3.03. The van der Waals surface area contributed by atoms with E-state index in [1.54, 1.807) is 4.90 Å². The van der Waals surface area contributed by atoms with Crippen molar-refractivity contribution in [3.8, 4) is 0 Å². The molecule has 6 atom stereocenters. The molecule has 0 radical (unpaired) electrons. The largest absolute Gasteiger partial charge is 0.459 e. The molecule has 6 heteroatoms. The number of hydrogen-bond donors (Lipinski definition) is 1. The van der Waals surface area contributed by atoms with Crippen LogP contribution in [0.4, 0.5) is 0 Å². The van der Waals surface area contributed by atoms with Gasteiger partial charge in [0.25, 0.3) is 0 Å². The Morgan fingerprint density at radius 3 is 2.74 bits per heavy atom. The van der Waals surface area contributed by atoms with Crippen molar-refractivity contribution in [2.75, 3.05) is 26.3 Å². The number of esters is 1. The zero-order valence-corrected chi connectivity index (χ0v) is 10.5. The molecule has 1 amide bonds. The lowest BCUT2D eigenvalue weighted by Gasteiger charge is -2.34. The third-order valence-electron chi connectivity index (χ3n) is 5.18. The monoisotopic (exact) mass is 267 g/mol. The molecule has 104 valence electrons. The van der Waals surface area contributed by atoms with Crippen LogP contribution < -0.4 is 0 Å². The summed E-state index contributed by atoms with van der Waals surface area (Å²) < 4.78 is 10.5. The smallest absolute Gasteiger partial charge is 0.310 e. The highest BCUT2D eigenvalue weighted by Crippen LogP contribution is 2.58. The highest BCUT2D eigenvalue weighted by molar-refractivity contribution is 5.88. The molecule has 2 bridgehead atoms. The lowest BCUT2D eigenvalue weighted by molar-refractivity contribution is -0.149. The Kier molecular flexibility index (Phi) is 2.41. The maximum Gasteiger partial charge on any atom is 0.310 e. The Morgan fingerprint density at radius 2 is 2.00 bits per heavy atom. The molecule has 2 heterocycles. The predicted octanol–water partition coefficient (Wildman–Crippen LogP) is -0.986. The number of hydrogen-bond acceptors (Lipinski definition) is 5. The predicted molar refractivity (Wildman–Crippen MR) is 61.9 cm³/mol. The maximum absolute atomic E-state index is 12.6. The SMILES string of the molecule is O=C1O[C@@H]2[C@H](O)[C@H]3C[C@H]2[C@H]1[C@H]3C(=O)N1CCOCC1. The summed E-state index contributed by atoms with van der Waals surface area (Å²) in [6.45, 7) is 2.25. The van der Waals surface area contributed by atoms with Crippen LogP contribution in [0.25, 0.3) is 0 Å². The second kappa shape index (κ2) is 3.93. The van der Waals surface area contributed by atoms with Crippen molar-refractivity contribution >= 4 is 11.9 Å². The highest BCUT2D eigenvalue weighted by Gasteiger charge is 2.68. The molecular formula is C13H17NO5. The molecule has 0 unspecified atom stereocenters. The summed E-state index contributed by atoms with van der Waals surface area (Å²) in [5.41, 5.74) is 0. The van der Waals surface area contributed by atoms with Gasteiger partial charge in [-0.15, -0.1) is 0 Å². The van der Waals surface area contributed by atoms with Gasteiger partial charge in [0, 0.05) is 24.9 Å². The van der Waals surface area contributed by atoms with Crippen molar-refractivity contribution in [1.29, 1.82) is 0 Å². The minimum Gasteiger partial charge on any atom is -0.459 e. The van der Waals surface area contributed by atoms with Gasteiger partial charge < -0.3 is 19.5 Å². The van der Waals surface area contributed by atoms with E-state index in [-0.39, 0.29) is 41.7 Å². The second-order valence-corrected chi connectivity index (χ2v) is 5.94. The topological polar surface area (TPSA) is 76.1 Å². The first-order valence-corrected chi connectivity index (χ1v) is 6.93. The number of aliphatic hydroxyl groups excluding tert-OH is 1. The molecule has 0 aromatic rings. The van der Waals surface area contributed by atoms with Crippen molar-refractivity contribution in [3.05, 3.63) is 0 Å². The number of amides is 1. The van der Waals surface area contributed by atoms with Gasteiger partial charge in [-0.25, -0.2) is 0 Å². The molecule has 0 spiro atoms. The maximum atomic E-state index is 12.6. The molecule has 4 aliphatic rings. The van der Waals surface area contributed by atoms with E-state index in [2.05, 4.69) is 0 Å². The summed E-state index contributed by atoms with van der Waals surface area (Å²) in [7, 11) is 0. The Bertz CT molecular complexity index is 433. The molecule has 2 aliphatic carbocycles. The molecule has 2 aliphatic heterocycles. The van der Waals surface area contributed by atoms with Gasteiger partial charge in [-0.1, -0.05) is 0 Å². The molecule has 2 saturated carbocycles. The zero-order valence-electron chi connectivity index (χ0n) is 10.5. The van der Waals surface area contributed by atoms with Crippen LogP contribution in [0.2, 0.25) is 0 Å².